The summed E-state index contributed by atoms with van der Waals surface area (Å²) in [6, 6.07) is 16.9. The first-order valence-electron chi connectivity index (χ1n) is 5.78. The van der Waals surface area contributed by atoms with Gasteiger partial charge in [-0.15, -0.1) is 0 Å². The minimum atomic E-state index is -0.238. The molecule has 0 unspecified atom stereocenters. The summed E-state index contributed by atoms with van der Waals surface area (Å²) in [5.74, 6) is 0.0817. The van der Waals surface area contributed by atoms with E-state index < -0.39 is 0 Å². The topological polar surface area (TPSA) is 42.2 Å². The predicted octanol–water partition coefficient (Wildman–Crippen LogP) is 4.29. The van der Waals surface area contributed by atoms with Crippen LogP contribution >= 0.6 is 22.6 Å². The molecule has 0 radical (unpaired) electrons. The van der Waals surface area contributed by atoms with E-state index in [1.54, 1.807) is 6.07 Å². The van der Waals surface area contributed by atoms with Crippen LogP contribution in [-0.2, 0) is 0 Å². The molecular weight excluding hydrogens is 353 g/mol. The second-order valence-corrected chi connectivity index (χ2v) is 5.36. The molecule has 0 fully saturated rings. The van der Waals surface area contributed by atoms with Gasteiger partial charge in [-0.05, 0) is 52.9 Å². The minimum absolute atomic E-state index is 0.238. The summed E-state index contributed by atoms with van der Waals surface area (Å²) in [5, 5.41) is 3.75. The number of halogens is 1. The summed E-state index contributed by atoms with van der Waals surface area (Å²) in [4.78, 5) is 12.1. The molecule has 0 atom stereocenters. The maximum absolute atomic E-state index is 12.1. The van der Waals surface area contributed by atoms with Gasteiger partial charge in [0.15, 0.2) is 5.76 Å². The Morgan fingerprint density at radius 2 is 1.89 bits per heavy atom. The lowest BCUT2D eigenvalue weighted by Crippen LogP contribution is -2.10. The quantitative estimate of drug-likeness (QED) is 0.691. The van der Waals surface area contributed by atoms with Crippen LogP contribution in [0.1, 0.15) is 10.6 Å². The van der Waals surface area contributed by atoms with Crippen molar-refractivity contribution >= 4 is 45.2 Å². The van der Waals surface area contributed by atoms with E-state index in [4.69, 9.17) is 4.42 Å². The normalized spacial score (nSPS) is 10.6. The second kappa shape index (κ2) is 5.05. The minimum Gasteiger partial charge on any atom is -0.451 e. The van der Waals surface area contributed by atoms with E-state index in [-0.39, 0.29) is 5.91 Å². The molecule has 0 saturated carbocycles. The fourth-order valence-electron chi connectivity index (χ4n) is 1.85. The number of carbonyl (C=O) groups is 1. The molecule has 94 valence electrons. The zero-order valence-corrected chi connectivity index (χ0v) is 12.0. The Hall–Kier alpha value is -1.82. The average Bonchev–Trinajstić information content (AvgIpc) is 2.82. The lowest BCUT2D eigenvalue weighted by Gasteiger charge is -2.02. The van der Waals surface area contributed by atoms with E-state index in [2.05, 4.69) is 27.9 Å². The third kappa shape index (κ3) is 2.63. The van der Waals surface area contributed by atoms with Gasteiger partial charge < -0.3 is 9.73 Å². The van der Waals surface area contributed by atoms with Crippen molar-refractivity contribution in [2.24, 2.45) is 0 Å². The number of anilines is 1. The number of furan rings is 1. The molecule has 3 rings (SSSR count). The van der Waals surface area contributed by atoms with E-state index in [9.17, 15) is 4.79 Å². The smallest absolute Gasteiger partial charge is 0.291 e. The van der Waals surface area contributed by atoms with Crippen LogP contribution in [0, 0.1) is 3.57 Å². The number of hydrogen-bond acceptors (Lipinski definition) is 2. The maximum atomic E-state index is 12.1. The van der Waals surface area contributed by atoms with Crippen molar-refractivity contribution in [3.05, 3.63) is 63.9 Å². The standard InChI is InChI=1S/C15H10INO2/c16-11-5-3-6-12(9-11)17-15(18)14-8-10-4-1-2-7-13(10)19-14/h1-9H,(H,17,18). The van der Waals surface area contributed by atoms with Gasteiger partial charge in [0.1, 0.15) is 5.58 Å². The van der Waals surface area contributed by atoms with E-state index in [1.165, 1.54) is 0 Å². The lowest BCUT2D eigenvalue weighted by molar-refractivity contribution is 0.0998. The summed E-state index contributed by atoms with van der Waals surface area (Å²) in [6.07, 6.45) is 0. The SMILES string of the molecule is O=C(Nc1cccc(I)c1)c1cc2ccccc2o1. The van der Waals surface area contributed by atoms with Gasteiger partial charge in [0.25, 0.3) is 5.91 Å². The summed E-state index contributed by atoms with van der Waals surface area (Å²) in [7, 11) is 0. The number of rotatable bonds is 2. The van der Waals surface area contributed by atoms with Crippen molar-refractivity contribution in [1.82, 2.24) is 0 Å². The number of carbonyl (C=O) groups excluding carboxylic acids is 1. The highest BCUT2D eigenvalue weighted by Crippen LogP contribution is 2.20. The molecule has 0 aliphatic carbocycles. The molecule has 1 heterocycles. The van der Waals surface area contributed by atoms with Gasteiger partial charge in [0.05, 0.1) is 0 Å². The number of nitrogens with one attached hydrogen (secondary N) is 1. The summed E-state index contributed by atoms with van der Waals surface area (Å²) < 4.78 is 6.59. The Kier molecular flexibility index (Phi) is 3.25. The molecule has 19 heavy (non-hydrogen) atoms. The van der Waals surface area contributed by atoms with Crippen LogP contribution in [0.3, 0.4) is 0 Å². The molecule has 0 aliphatic rings. The first kappa shape index (κ1) is 12.2. The second-order valence-electron chi connectivity index (χ2n) is 4.11. The van der Waals surface area contributed by atoms with Crippen LogP contribution in [-0.4, -0.2) is 5.91 Å². The molecule has 2 aromatic carbocycles. The van der Waals surface area contributed by atoms with Gasteiger partial charge in [-0.2, -0.15) is 0 Å². The van der Waals surface area contributed by atoms with Crippen molar-refractivity contribution in [2.75, 3.05) is 5.32 Å². The van der Waals surface area contributed by atoms with Crippen LogP contribution in [0.4, 0.5) is 5.69 Å². The van der Waals surface area contributed by atoms with Gasteiger partial charge in [0.2, 0.25) is 0 Å². The Morgan fingerprint density at radius 3 is 2.68 bits per heavy atom. The summed E-state index contributed by atoms with van der Waals surface area (Å²) in [5.41, 5.74) is 1.48. The predicted molar refractivity (Wildman–Crippen MR) is 83.3 cm³/mol. The first-order valence-corrected chi connectivity index (χ1v) is 6.86. The highest BCUT2D eigenvalue weighted by atomic mass is 127. The molecule has 1 amide bonds. The molecule has 0 aliphatic heterocycles. The number of benzene rings is 2. The maximum Gasteiger partial charge on any atom is 0.291 e. The molecular formula is C15H10INO2. The van der Waals surface area contributed by atoms with Gasteiger partial charge in [-0.1, -0.05) is 24.3 Å². The molecule has 3 aromatic rings. The van der Waals surface area contributed by atoms with E-state index >= 15 is 0 Å². The fourth-order valence-corrected chi connectivity index (χ4v) is 2.40. The zero-order chi connectivity index (χ0) is 13.2. The highest BCUT2D eigenvalue weighted by Gasteiger charge is 2.12. The zero-order valence-electron chi connectivity index (χ0n) is 9.89. The van der Waals surface area contributed by atoms with Crippen LogP contribution in [0.2, 0.25) is 0 Å². The highest BCUT2D eigenvalue weighted by molar-refractivity contribution is 14.1. The summed E-state index contributed by atoms with van der Waals surface area (Å²) >= 11 is 2.20. The van der Waals surface area contributed by atoms with Gasteiger partial charge in [0, 0.05) is 14.6 Å². The third-order valence-corrected chi connectivity index (χ3v) is 3.40. The van der Waals surface area contributed by atoms with Crippen molar-refractivity contribution in [3.63, 3.8) is 0 Å². The van der Waals surface area contributed by atoms with Crippen molar-refractivity contribution in [1.29, 1.82) is 0 Å². The van der Waals surface area contributed by atoms with E-state index in [0.717, 1.165) is 20.2 Å². The molecule has 0 saturated heterocycles. The molecule has 0 spiro atoms. The number of hydrogen-bond donors (Lipinski definition) is 1. The average molecular weight is 363 g/mol. The van der Waals surface area contributed by atoms with Gasteiger partial charge >= 0.3 is 0 Å². The van der Waals surface area contributed by atoms with E-state index in [0.29, 0.717) is 5.76 Å². The molecule has 3 nitrogen and oxygen atoms in total. The Bertz CT molecular complexity index is 715. The molecule has 1 N–H and O–H groups in total. The van der Waals surface area contributed by atoms with E-state index in [1.807, 2.05) is 48.5 Å². The molecule has 4 heteroatoms. The Morgan fingerprint density at radius 1 is 1.05 bits per heavy atom. The molecule has 0 bridgehead atoms. The van der Waals surface area contributed by atoms with Crippen LogP contribution < -0.4 is 5.32 Å². The third-order valence-electron chi connectivity index (χ3n) is 2.73. The fraction of sp³-hybridized carbons (Fsp3) is 0. The van der Waals surface area contributed by atoms with Crippen LogP contribution in [0.15, 0.2) is 59.0 Å². The van der Waals surface area contributed by atoms with Gasteiger partial charge in [-0.25, -0.2) is 0 Å². The Labute approximate surface area is 123 Å². The monoisotopic (exact) mass is 363 g/mol. The van der Waals surface area contributed by atoms with Crippen LogP contribution in [0.25, 0.3) is 11.0 Å². The first-order chi connectivity index (χ1) is 9.22. The Balaban J connectivity index is 1.87. The van der Waals surface area contributed by atoms with Crippen molar-refractivity contribution in [2.45, 2.75) is 0 Å². The molecule has 1 aromatic heterocycles. The van der Waals surface area contributed by atoms with Crippen molar-refractivity contribution in [3.8, 4) is 0 Å². The van der Waals surface area contributed by atoms with Crippen molar-refractivity contribution < 1.29 is 9.21 Å². The largest absolute Gasteiger partial charge is 0.451 e. The summed E-state index contributed by atoms with van der Waals surface area (Å²) in [6.45, 7) is 0. The van der Waals surface area contributed by atoms with Crippen LogP contribution in [0.5, 0.6) is 0 Å². The number of amides is 1. The number of fused-ring (bicyclic) bond motifs is 1. The van der Waals surface area contributed by atoms with Gasteiger partial charge in [-0.3, -0.25) is 4.79 Å². The lowest BCUT2D eigenvalue weighted by atomic mass is 10.2. The number of para-hydroxylation sites is 1.